The molecule has 0 bridgehead atoms. The van der Waals surface area contributed by atoms with Crippen LogP contribution in [-0.4, -0.2) is 37.4 Å². The summed E-state index contributed by atoms with van der Waals surface area (Å²) in [6.45, 7) is 4.89. The van der Waals surface area contributed by atoms with Gasteiger partial charge in [0, 0.05) is 45.0 Å². The second-order valence-electron chi connectivity index (χ2n) is 6.33. The molecule has 3 rings (SSSR count). The van der Waals surface area contributed by atoms with Crippen molar-refractivity contribution in [2.24, 2.45) is 5.73 Å². The van der Waals surface area contributed by atoms with Crippen molar-refractivity contribution in [3.05, 3.63) is 59.7 Å². The van der Waals surface area contributed by atoms with Crippen molar-refractivity contribution in [3.63, 3.8) is 0 Å². The lowest BCUT2D eigenvalue weighted by Crippen LogP contribution is -2.45. The number of ether oxygens (including phenoxy) is 1. The number of rotatable bonds is 5. The molecule has 1 aliphatic heterocycles. The van der Waals surface area contributed by atoms with Crippen molar-refractivity contribution >= 4 is 5.69 Å². The van der Waals surface area contributed by atoms with Gasteiger partial charge in [-0.2, -0.15) is 0 Å². The van der Waals surface area contributed by atoms with E-state index in [0.717, 1.165) is 37.3 Å². The molecule has 2 aromatic rings. The van der Waals surface area contributed by atoms with Gasteiger partial charge in [0.05, 0.1) is 0 Å². The molecule has 0 spiro atoms. The first-order chi connectivity index (χ1) is 12.4. The number of nitrogens with zero attached hydrogens (tertiary/aromatic N) is 2. The Labute approximate surface area is 151 Å². The molecule has 26 heavy (non-hydrogen) atoms. The molecule has 1 saturated heterocycles. The van der Waals surface area contributed by atoms with E-state index in [4.69, 9.17) is 5.73 Å². The quantitative estimate of drug-likeness (QED) is 0.882. The zero-order valence-corrected chi connectivity index (χ0v) is 14.4. The van der Waals surface area contributed by atoms with E-state index in [-0.39, 0.29) is 5.75 Å². The zero-order valence-electron chi connectivity index (χ0n) is 14.4. The molecular weight excluding hydrogens is 343 g/mol. The number of hydrogen-bond donors (Lipinski definition) is 1. The van der Waals surface area contributed by atoms with Crippen LogP contribution in [0.1, 0.15) is 11.1 Å². The van der Waals surface area contributed by atoms with E-state index >= 15 is 0 Å². The van der Waals surface area contributed by atoms with Crippen molar-refractivity contribution in [1.82, 2.24) is 4.90 Å². The number of anilines is 1. The molecule has 7 heteroatoms. The molecule has 2 N–H and O–H groups in total. The summed E-state index contributed by atoms with van der Waals surface area (Å²) in [6.07, 6.45) is -4.65. The second kappa shape index (κ2) is 7.97. The lowest BCUT2D eigenvalue weighted by atomic mass is 10.1. The minimum atomic E-state index is -4.65. The topological polar surface area (TPSA) is 41.7 Å². The molecule has 1 heterocycles. The molecule has 1 fully saturated rings. The SMILES string of the molecule is NCc1ccc(N2CCN(Cc3ccc(OC(F)(F)F)cc3)CC2)cc1. The minimum Gasteiger partial charge on any atom is -0.406 e. The third-order valence-corrected chi connectivity index (χ3v) is 4.47. The Hall–Kier alpha value is -2.25. The average Bonchev–Trinajstić information content (AvgIpc) is 2.63. The third-order valence-electron chi connectivity index (χ3n) is 4.47. The fraction of sp³-hybridized carbons (Fsp3) is 0.368. The Morgan fingerprint density at radius 2 is 1.42 bits per heavy atom. The van der Waals surface area contributed by atoms with Gasteiger partial charge in [0.25, 0.3) is 0 Å². The molecule has 0 amide bonds. The van der Waals surface area contributed by atoms with Crippen LogP contribution in [0.4, 0.5) is 18.9 Å². The predicted molar refractivity (Wildman–Crippen MR) is 94.9 cm³/mol. The van der Waals surface area contributed by atoms with Gasteiger partial charge in [-0.25, -0.2) is 0 Å². The van der Waals surface area contributed by atoms with Crippen molar-refractivity contribution < 1.29 is 17.9 Å². The van der Waals surface area contributed by atoms with Crippen LogP contribution >= 0.6 is 0 Å². The number of alkyl halides is 3. The summed E-state index contributed by atoms with van der Waals surface area (Å²) in [4.78, 5) is 4.63. The molecule has 0 aliphatic carbocycles. The predicted octanol–water partition coefficient (Wildman–Crippen LogP) is 3.37. The van der Waals surface area contributed by atoms with Gasteiger partial charge in [-0.3, -0.25) is 4.90 Å². The molecule has 1 aliphatic rings. The van der Waals surface area contributed by atoms with Gasteiger partial charge in [0.15, 0.2) is 0 Å². The van der Waals surface area contributed by atoms with Gasteiger partial charge in [-0.05, 0) is 35.4 Å². The van der Waals surface area contributed by atoms with Crippen LogP contribution in [-0.2, 0) is 13.1 Å². The molecular formula is C19H22F3N3O. The maximum atomic E-state index is 12.2. The lowest BCUT2D eigenvalue weighted by Gasteiger charge is -2.36. The Balaban J connectivity index is 1.50. The van der Waals surface area contributed by atoms with E-state index in [1.54, 1.807) is 12.1 Å². The van der Waals surface area contributed by atoms with Crippen LogP contribution in [0.3, 0.4) is 0 Å². The van der Waals surface area contributed by atoms with Crippen LogP contribution in [0.2, 0.25) is 0 Å². The zero-order chi connectivity index (χ0) is 18.6. The molecule has 0 atom stereocenters. The summed E-state index contributed by atoms with van der Waals surface area (Å²) >= 11 is 0. The lowest BCUT2D eigenvalue weighted by molar-refractivity contribution is -0.274. The number of nitrogens with two attached hydrogens (primary N) is 1. The van der Waals surface area contributed by atoms with E-state index < -0.39 is 6.36 Å². The molecule has 2 aromatic carbocycles. The summed E-state index contributed by atoms with van der Waals surface area (Å²) in [5, 5.41) is 0. The first-order valence-corrected chi connectivity index (χ1v) is 8.54. The maximum Gasteiger partial charge on any atom is 0.573 e. The minimum absolute atomic E-state index is 0.188. The number of halogens is 3. The maximum absolute atomic E-state index is 12.2. The van der Waals surface area contributed by atoms with Crippen molar-refractivity contribution in [2.75, 3.05) is 31.1 Å². The smallest absolute Gasteiger partial charge is 0.406 e. The number of piperazine rings is 1. The third kappa shape index (κ3) is 5.12. The largest absolute Gasteiger partial charge is 0.573 e. The highest BCUT2D eigenvalue weighted by Gasteiger charge is 2.31. The van der Waals surface area contributed by atoms with Gasteiger partial charge in [-0.1, -0.05) is 24.3 Å². The summed E-state index contributed by atoms with van der Waals surface area (Å²) < 4.78 is 40.5. The van der Waals surface area contributed by atoms with Crippen LogP contribution in [0, 0.1) is 0 Å². The first kappa shape index (κ1) is 18.5. The van der Waals surface area contributed by atoms with Crippen molar-refractivity contribution in [3.8, 4) is 5.75 Å². The van der Waals surface area contributed by atoms with E-state index in [0.29, 0.717) is 13.1 Å². The molecule has 0 radical (unpaired) electrons. The van der Waals surface area contributed by atoms with Gasteiger partial charge < -0.3 is 15.4 Å². The monoisotopic (exact) mass is 365 g/mol. The normalized spacial score (nSPS) is 15.9. The molecule has 140 valence electrons. The number of benzene rings is 2. The Bertz CT molecular complexity index is 693. The van der Waals surface area contributed by atoms with E-state index in [1.165, 1.54) is 17.8 Å². The van der Waals surface area contributed by atoms with Gasteiger partial charge >= 0.3 is 6.36 Å². The highest BCUT2D eigenvalue weighted by Crippen LogP contribution is 2.23. The number of hydrogen-bond acceptors (Lipinski definition) is 4. The van der Waals surface area contributed by atoms with Gasteiger partial charge in [0.2, 0.25) is 0 Å². The molecule has 0 aromatic heterocycles. The Morgan fingerprint density at radius 3 is 1.96 bits per heavy atom. The van der Waals surface area contributed by atoms with Crippen molar-refractivity contribution in [1.29, 1.82) is 0 Å². The van der Waals surface area contributed by atoms with Gasteiger partial charge in [-0.15, -0.1) is 13.2 Å². The van der Waals surface area contributed by atoms with E-state index in [2.05, 4.69) is 26.7 Å². The molecule has 0 saturated carbocycles. The Kier molecular flexibility index (Phi) is 5.68. The highest BCUT2D eigenvalue weighted by atomic mass is 19.4. The molecule has 4 nitrogen and oxygen atoms in total. The van der Waals surface area contributed by atoms with E-state index in [9.17, 15) is 13.2 Å². The Morgan fingerprint density at radius 1 is 0.846 bits per heavy atom. The summed E-state index contributed by atoms with van der Waals surface area (Å²) in [6, 6.07) is 14.4. The standard InChI is InChI=1S/C19H22F3N3O/c20-19(21,22)26-18-7-3-16(4-8-18)14-24-9-11-25(12-10-24)17-5-1-15(13-23)2-6-17/h1-8H,9-14,23H2. The fourth-order valence-corrected chi connectivity index (χ4v) is 3.06. The first-order valence-electron chi connectivity index (χ1n) is 8.54. The van der Waals surface area contributed by atoms with Gasteiger partial charge in [0.1, 0.15) is 5.75 Å². The fourth-order valence-electron chi connectivity index (χ4n) is 3.06. The van der Waals surface area contributed by atoms with Crippen molar-refractivity contribution in [2.45, 2.75) is 19.5 Å². The summed E-state index contributed by atoms with van der Waals surface area (Å²) in [5.74, 6) is -0.188. The average molecular weight is 365 g/mol. The van der Waals surface area contributed by atoms with E-state index in [1.807, 2.05) is 12.1 Å². The van der Waals surface area contributed by atoms with Crippen LogP contribution in [0.5, 0.6) is 5.75 Å². The highest BCUT2D eigenvalue weighted by molar-refractivity contribution is 5.48. The molecule has 0 unspecified atom stereocenters. The van der Waals surface area contributed by atoms with Crippen LogP contribution < -0.4 is 15.4 Å². The van der Waals surface area contributed by atoms with Crippen LogP contribution in [0.15, 0.2) is 48.5 Å². The summed E-state index contributed by atoms with van der Waals surface area (Å²) in [5.41, 5.74) is 8.90. The van der Waals surface area contributed by atoms with Crippen LogP contribution in [0.25, 0.3) is 0 Å². The summed E-state index contributed by atoms with van der Waals surface area (Å²) in [7, 11) is 0. The second-order valence-corrected chi connectivity index (χ2v) is 6.33.